The van der Waals surface area contributed by atoms with Gasteiger partial charge in [-0.3, -0.25) is 14.3 Å². The third-order valence-electron chi connectivity index (χ3n) is 3.19. The van der Waals surface area contributed by atoms with Crippen LogP contribution in [0, 0.1) is 0 Å². The monoisotopic (exact) mass is 268 g/mol. The number of Topliss-reactive ketones (excluding diaryl/α,β-unsaturated/α-hetero) is 2. The first-order chi connectivity index (χ1) is 9.66. The average molecular weight is 268 g/mol. The molecule has 3 rings (SSSR count). The summed E-state index contributed by atoms with van der Waals surface area (Å²) in [6.07, 6.45) is 2.54. The number of aromatic nitrogens is 2. The quantitative estimate of drug-likeness (QED) is 0.539. The van der Waals surface area contributed by atoms with Crippen molar-refractivity contribution in [3.8, 4) is 0 Å². The summed E-state index contributed by atoms with van der Waals surface area (Å²) in [5.74, 6) is -0.550. The van der Waals surface area contributed by atoms with Crippen molar-refractivity contribution in [2.75, 3.05) is 0 Å². The molecular weight excluding hydrogens is 256 g/mol. The van der Waals surface area contributed by atoms with Gasteiger partial charge >= 0.3 is 0 Å². The molecule has 0 aliphatic carbocycles. The molecule has 5 heteroatoms. The number of aryl methyl sites for hydroxylation is 1. The molecule has 5 nitrogen and oxygen atoms in total. The first kappa shape index (κ1) is 12.3. The van der Waals surface area contributed by atoms with Crippen LogP contribution in [0.2, 0.25) is 0 Å². The minimum Gasteiger partial charge on any atom is -0.472 e. The Morgan fingerprint density at radius 1 is 1.20 bits per heavy atom. The molecule has 2 aromatic heterocycles. The molecule has 1 aromatic carbocycles. The third kappa shape index (κ3) is 2.03. The highest BCUT2D eigenvalue weighted by Crippen LogP contribution is 2.19. The zero-order valence-corrected chi connectivity index (χ0v) is 10.9. The summed E-state index contributed by atoms with van der Waals surface area (Å²) in [6.45, 7) is 0. The molecule has 0 fully saturated rings. The van der Waals surface area contributed by atoms with Gasteiger partial charge in [0.05, 0.1) is 23.8 Å². The standard InChI is InChI=1S/C15H12N2O3/c1-17-12-5-3-2-4-11(12)15(16-17)14(19)8-13(18)10-6-7-20-9-10/h2-7,9H,8H2,1H3. The number of benzene rings is 1. The predicted molar refractivity (Wildman–Crippen MR) is 72.7 cm³/mol. The molecule has 0 amide bonds. The van der Waals surface area contributed by atoms with Gasteiger partial charge in [0, 0.05) is 12.4 Å². The molecule has 3 aromatic rings. The summed E-state index contributed by atoms with van der Waals surface area (Å²) in [5, 5.41) is 4.98. The highest BCUT2D eigenvalue weighted by atomic mass is 16.3. The van der Waals surface area contributed by atoms with Crippen LogP contribution >= 0.6 is 0 Å². The summed E-state index contributed by atoms with van der Waals surface area (Å²) < 4.78 is 6.49. The number of nitrogens with zero attached hydrogens (tertiary/aromatic N) is 2. The third-order valence-corrected chi connectivity index (χ3v) is 3.19. The second-order valence-corrected chi connectivity index (χ2v) is 4.52. The Hall–Kier alpha value is -2.69. The fourth-order valence-electron chi connectivity index (χ4n) is 2.17. The van der Waals surface area contributed by atoms with Crippen molar-refractivity contribution in [3.63, 3.8) is 0 Å². The van der Waals surface area contributed by atoms with E-state index >= 15 is 0 Å². The first-order valence-electron chi connectivity index (χ1n) is 6.17. The topological polar surface area (TPSA) is 65.1 Å². The van der Waals surface area contributed by atoms with E-state index in [0.717, 1.165) is 10.9 Å². The molecule has 0 radical (unpaired) electrons. The zero-order chi connectivity index (χ0) is 14.1. The lowest BCUT2D eigenvalue weighted by atomic mass is 10.1. The number of para-hydroxylation sites is 1. The number of carbonyl (C=O) groups is 2. The highest BCUT2D eigenvalue weighted by molar-refractivity contribution is 6.16. The van der Waals surface area contributed by atoms with Crippen LogP contribution in [-0.2, 0) is 7.05 Å². The second-order valence-electron chi connectivity index (χ2n) is 4.52. The van der Waals surface area contributed by atoms with E-state index in [2.05, 4.69) is 5.10 Å². The zero-order valence-electron chi connectivity index (χ0n) is 10.9. The minimum atomic E-state index is -0.284. The lowest BCUT2D eigenvalue weighted by Gasteiger charge is -1.96. The molecule has 0 bridgehead atoms. The first-order valence-corrected chi connectivity index (χ1v) is 6.17. The molecule has 0 aliphatic heterocycles. The van der Waals surface area contributed by atoms with Crippen LogP contribution in [0.1, 0.15) is 27.3 Å². The van der Waals surface area contributed by atoms with Crippen LogP contribution in [0.4, 0.5) is 0 Å². The minimum absolute atomic E-state index is 0.208. The average Bonchev–Trinajstić information content (AvgIpc) is 3.07. The SMILES string of the molecule is Cn1nc(C(=O)CC(=O)c2ccoc2)c2ccccc21. The maximum Gasteiger partial charge on any atom is 0.191 e. The smallest absolute Gasteiger partial charge is 0.191 e. The second kappa shape index (κ2) is 4.77. The van der Waals surface area contributed by atoms with Gasteiger partial charge < -0.3 is 4.42 Å². The van der Waals surface area contributed by atoms with Gasteiger partial charge in [-0.2, -0.15) is 5.10 Å². The van der Waals surface area contributed by atoms with Crippen LogP contribution in [0.15, 0.2) is 47.3 Å². The molecule has 0 saturated carbocycles. The van der Waals surface area contributed by atoms with E-state index in [-0.39, 0.29) is 18.0 Å². The molecule has 0 aliphatic rings. The van der Waals surface area contributed by atoms with Crippen LogP contribution in [-0.4, -0.2) is 21.3 Å². The Bertz CT molecular complexity index is 785. The van der Waals surface area contributed by atoms with Crippen LogP contribution in [0.5, 0.6) is 0 Å². The van der Waals surface area contributed by atoms with Gasteiger partial charge in [0.2, 0.25) is 0 Å². The van der Waals surface area contributed by atoms with E-state index in [1.54, 1.807) is 17.8 Å². The number of furan rings is 1. The van der Waals surface area contributed by atoms with Crippen molar-refractivity contribution in [3.05, 3.63) is 54.1 Å². The van der Waals surface area contributed by atoms with Gasteiger partial charge in [-0.25, -0.2) is 0 Å². The molecule has 2 heterocycles. The molecule has 0 spiro atoms. The Balaban J connectivity index is 1.92. The van der Waals surface area contributed by atoms with Crippen molar-refractivity contribution in [2.45, 2.75) is 6.42 Å². The van der Waals surface area contributed by atoms with Gasteiger partial charge in [0.25, 0.3) is 0 Å². The summed E-state index contributed by atoms with van der Waals surface area (Å²) >= 11 is 0. The van der Waals surface area contributed by atoms with Gasteiger partial charge in [0.1, 0.15) is 12.0 Å². The van der Waals surface area contributed by atoms with E-state index in [0.29, 0.717) is 11.3 Å². The summed E-state index contributed by atoms with van der Waals surface area (Å²) in [7, 11) is 1.77. The number of rotatable bonds is 4. The van der Waals surface area contributed by atoms with E-state index in [1.807, 2.05) is 24.3 Å². The van der Waals surface area contributed by atoms with E-state index in [1.165, 1.54) is 12.5 Å². The lowest BCUT2D eigenvalue weighted by molar-refractivity contribution is 0.0891. The predicted octanol–water partition coefficient (Wildman–Crippen LogP) is 2.62. The molecule has 0 saturated heterocycles. The van der Waals surface area contributed by atoms with Crippen molar-refractivity contribution in [2.24, 2.45) is 7.05 Å². The van der Waals surface area contributed by atoms with Gasteiger partial charge in [0.15, 0.2) is 11.6 Å². The molecule has 100 valence electrons. The molecule has 20 heavy (non-hydrogen) atoms. The van der Waals surface area contributed by atoms with E-state index < -0.39 is 0 Å². The number of fused-ring (bicyclic) bond motifs is 1. The summed E-state index contributed by atoms with van der Waals surface area (Å²) in [4.78, 5) is 24.2. The van der Waals surface area contributed by atoms with Gasteiger partial charge in [-0.1, -0.05) is 18.2 Å². The van der Waals surface area contributed by atoms with Crippen molar-refractivity contribution in [1.82, 2.24) is 9.78 Å². The number of ketones is 2. The van der Waals surface area contributed by atoms with Crippen molar-refractivity contribution < 1.29 is 14.0 Å². The fourth-order valence-corrected chi connectivity index (χ4v) is 2.17. The Morgan fingerprint density at radius 3 is 2.75 bits per heavy atom. The molecule has 0 atom stereocenters. The Labute approximate surface area is 114 Å². The lowest BCUT2D eigenvalue weighted by Crippen LogP contribution is -2.09. The summed E-state index contributed by atoms with van der Waals surface area (Å²) in [6, 6.07) is 8.99. The van der Waals surface area contributed by atoms with Crippen LogP contribution in [0.3, 0.4) is 0 Å². The Morgan fingerprint density at radius 2 is 2.00 bits per heavy atom. The Kier molecular flexibility index (Phi) is 2.95. The van der Waals surface area contributed by atoms with Gasteiger partial charge in [-0.15, -0.1) is 0 Å². The normalized spacial score (nSPS) is 10.8. The largest absolute Gasteiger partial charge is 0.472 e. The van der Waals surface area contributed by atoms with E-state index in [9.17, 15) is 9.59 Å². The van der Waals surface area contributed by atoms with Gasteiger partial charge in [-0.05, 0) is 12.1 Å². The molecule has 0 unspecified atom stereocenters. The highest BCUT2D eigenvalue weighted by Gasteiger charge is 2.19. The molecule has 0 N–H and O–H groups in total. The number of carbonyl (C=O) groups excluding carboxylic acids is 2. The number of hydrogen-bond donors (Lipinski definition) is 0. The van der Waals surface area contributed by atoms with Crippen molar-refractivity contribution in [1.29, 1.82) is 0 Å². The number of hydrogen-bond acceptors (Lipinski definition) is 4. The fraction of sp³-hybridized carbons (Fsp3) is 0.133. The maximum absolute atomic E-state index is 12.3. The van der Waals surface area contributed by atoms with Crippen LogP contribution in [0.25, 0.3) is 10.9 Å². The van der Waals surface area contributed by atoms with Crippen LogP contribution < -0.4 is 0 Å². The van der Waals surface area contributed by atoms with E-state index in [4.69, 9.17) is 4.42 Å². The molecular formula is C15H12N2O3. The van der Waals surface area contributed by atoms with Crippen molar-refractivity contribution >= 4 is 22.5 Å². The maximum atomic E-state index is 12.3. The summed E-state index contributed by atoms with van der Waals surface area (Å²) in [5.41, 5.74) is 1.60.